The van der Waals surface area contributed by atoms with E-state index in [1.54, 1.807) is 21.1 Å². The molecule has 0 rings (SSSR count). The van der Waals surface area contributed by atoms with E-state index >= 15 is 0 Å². The van der Waals surface area contributed by atoms with E-state index in [-0.39, 0.29) is 42.7 Å². The van der Waals surface area contributed by atoms with Gasteiger partial charge in [0.25, 0.3) is 0 Å². The number of aliphatic carboxylic acids is 1. The Hall–Kier alpha value is -1.67. The van der Waals surface area contributed by atoms with E-state index in [2.05, 4.69) is 13.8 Å². The number of carbonyl (C=O) groups excluding carboxylic acids is 3. The Kier molecular flexibility index (Phi) is 30.5. The third-order valence-corrected chi connectivity index (χ3v) is 8.99. The highest BCUT2D eigenvalue weighted by atomic mass is 16.6. The lowest BCUT2D eigenvalue weighted by molar-refractivity contribution is -0.889. The van der Waals surface area contributed by atoms with Gasteiger partial charge in [-0.15, -0.1) is 0 Å². The number of esters is 2. The number of carboxylic acids is 1. The van der Waals surface area contributed by atoms with E-state index in [9.17, 15) is 19.5 Å². The highest BCUT2D eigenvalue weighted by molar-refractivity contribution is 5.70. The van der Waals surface area contributed by atoms with Gasteiger partial charge < -0.3 is 28.6 Å². The molecule has 0 spiro atoms. The summed E-state index contributed by atoms with van der Waals surface area (Å²) in [6.45, 7) is 4.64. The van der Waals surface area contributed by atoms with Crippen LogP contribution in [0.4, 0.5) is 0 Å². The van der Waals surface area contributed by atoms with E-state index < -0.39 is 18.1 Å². The number of nitrogens with zero attached hydrogens (tertiary/aromatic N) is 1. The summed E-state index contributed by atoms with van der Waals surface area (Å²) in [4.78, 5) is 36.5. The molecule has 0 N–H and O–H groups in total. The molecule has 2 unspecified atom stereocenters. The van der Waals surface area contributed by atoms with Gasteiger partial charge in [0, 0.05) is 19.3 Å². The summed E-state index contributed by atoms with van der Waals surface area (Å²) in [7, 11) is 5.40. The molecule has 0 aromatic carbocycles. The zero-order valence-electron chi connectivity index (χ0n) is 31.5. The number of unbranched alkanes of at least 4 members (excludes halogenated alkanes) is 21. The van der Waals surface area contributed by atoms with Crippen LogP contribution in [-0.4, -0.2) is 75.5 Å². The molecule has 0 aliphatic heterocycles. The summed E-state index contributed by atoms with van der Waals surface area (Å²) >= 11 is 0. The van der Waals surface area contributed by atoms with Crippen molar-refractivity contribution in [2.24, 2.45) is 0 Å². The minimum absolute atomic E-state index is 0.0482. The Bertz CT molecular complexity index is 752. The molecule has 0 radical (unpaired) electrons. The van der Waals surface area contributed by atoms with Crippen LogP contribution >= 0.6 is 0 Å². The van der Waals surface area contributed by atoms with E-state index in [4.69, 9.17) is 14.2 Å². The van der Waals surface area contributed by atoms with Crippen LogP contribution in [0, 0.1) is 0 Å². The fourth-order valence-electron chi connectivity index (χ4n) is 5.89. The molecule has 0 saturated carbocycles. The van der Waals surface area contributed by atoms with Crippen molar-refractivity contribution in [2.75, 3.05) is 41.0 Å². The number of likely N-dealkylation sites (N-methyl/N-ethyl adjacent to an activating group) is 1. The molecule has 8 heteroatoms. The summed E-state index contributed by atoms with van der Waals surface area (Å²) < 4.78 is 17.1. The van der Waals surface area contributed by atoms with Gasteiger partial charge in [0.1, 0.15) is 12.6 Å². The maximum atomic E-state index is 12.6. The molecule has 2 atom stereocenters. The van der Waals surface area contributed by atoms with Crippen LogP contribution in [0.1, 0.15) is 181 Å². The average molecular weight is 670 g/mol. The first-order chi connectivity index (χ1) is 22.6. The predicted molar refractivity (Wildman–Crippen MR) is 190 cm³/mol. The Labute approximate surface area is 289 Å². The molecule has 47 heavy (non-hydrogen) atoms. The number of rotatable bonds is 35. The topological polar surface area (TPSA) is 102 Å². The average Bonchev–Trinajstić information content (AvgIpc) is 3.01. The zero-order chi connectivity index (χ0) is 35.0. The number of quaternary nitrogens is 1. The van der Waals surface area contributed by atoms with Crippen molar-refractivity contribution in [3.63, 3.8) is 0 Å². The van der Waals surface area contributed by atoms with Gasteiger partial charge in [-0.05, 0) is 12.8 Å². The molecule has 278 valence electrons. The maximum absolute atomic E-state index is 12.6. The summed E-state index contributed by atoms with van der Waals surface area (Å²) in [6.07, 6.45) is 28.4. The van der Waals surface area contributed by atoms with E-state index in [0.717, 1.165) is 38.5 Å². The first kappa shape index (κ1) is 45.3. The van der Waals surface area contributed by atoms with Gasteiger partial charge in [0.05, 0.1) is 40.3 Å². The highest BCUT2D eigenvalue weighted by Crippen LogP contribution is 2.15. The molecular formula is C39H75NO7. The van der Waals surface area contributed by atoms with Crippen LogP contribution in [0.2, 0.25) is 0 Å². The maximum Gasteiger partial charge on any atom is 0.306 e. The Balaban J connectivity index is 4.33. The van der Waals surface area contributed by atoms with Gasteiger partial charge in [-0.25, -0.2) is 0 Å². The Morgan fingerprint density at radius 1 is 0.553 bits per heavy atom. The molecule has 0 aromatic rings. The summed E-state index contributed by atoms with van der Waals surface area (Å²) in [5, 5.41) is 11.6. The second-order valence-electron chi connectivity index (χ2n) is 14.5. The van der Waals surface area contributed by atoms with Crippen LogP contribution in [0.15, 0.2) is 0 Å². The second kappa shape index (κ2) is 31.6. The fraction of sp³-hybridized carbons (Fsp3) is 0.923. The summed E-state index contributed by atoms with van der Waals surface area (Å²) in [6, 6.07) is -0.717. The first-order valence-electron chi connectivity index (χ1n) is 19.6. The van der Waals surface area contributed by atoms with Crippen LogP contribution in [0.3, 0.4) is 0 Å². The van der Waals surface area contributed by atoms with E-state index in [1.165, 1.54) is 109 Å². The number of carboxylic acid groups (broad SMARTS) is 1. The molecule has 0 amide bonds. The minimum Gasteiger partial charge on any atom is -0.544 e. The van der Waals surface area contributed by atoms with E-state index in [1.807, 2.05) is 0 Å². The standard InChI is InChI=1S/C39H75NO7/c1-6-8-10-12-14-16-17-18-19-20-21-22-24-26-28-30-38(42)47-35(33-45-32-31-36(39(43)44)40(3,4)5)34-46-37(41)29-27-25-23-15-13-11-9-7-2/h35-36H,6-34H2,1-5H3. The number of hydrogen-bond acceptors (Lipinski definition) is 7. The molecule has 0 saturated heterocycles. The van der Waals surface area contributed by atoms with E-state index in [0.29, 0.717) is 12.8 Å². The molecule has 0 aliphatic rings. The summed E-state index contributed by atoms with van der Waals surface area (Å²) in [5.74, 6) is -1.73. The van der Waals surface area contributed by atoms with Gasteiger partial charge >= 0.3 is 11.9 Å². The van der Waals surface area contributed by atoms with Crippen molar-refractivity contribution in [2.45, 2.75) is 193 Å². The van der Waals surface area contributed by atoms with Crippen LogP contribution in [0.25, 0.3) is 0 Å². The van der Waals surface area contributed by atoms with Crippen molar-refractivity contribution >= 4 is 17.9 Å². The molecule has 0 aromatic heterocycles. The van der Waals surface area contributed by atoms with Gasteiger partial charge in [0.15, 0.2) is 6.10 Å². The van der Waals surface area contributed by atoms with Crippen molar-refractivity contribution in [3.8, 4) is 0 Å². The first-order valence-corrected chi connectivity index (χ1v) is 19.6. The van der Waals surface area contributed by atoms with Crippen molar-refractivity contribution in [1.82, 2.24) is 0 Å². The number of carbonyl (C=O) groups is 3. The zero-order valence-corrected chi connectivity index (χ0v) is 31.5. The lowest BCUT2D eigenvalue weighted by atomic mass is 10.0. The van der Waals surface area contributed by atoms with Gasteiger partial charge in [0.2, 0.25) is 0 Å². The van der Waals surface area contributed by atoms with Gasteiger partial charge in [-0.3, -0.25) is 9.59 Å². The normalized spacial score (nSPS) is 13.0. The molecule has 0 bridgehead atoms. The lowest BCUT2D eigenvalue weighted by Crippen LogP contribution is -2.55. The minimum atomic E-state index is -1.12. The molecular weight excluding hydrogens is 594 g/mol. The third-order valence-electron chi connectivity index (χ3n) is 8.99. The predicted octanol–water partition coefficient (Wildman–Crippen LogP) is 8.47. The van der Waals surface area contributed by atoms with Crippen molar-refractivity contribution in [1.29, 1.82) is 0 Å². The summed E-state index contributed by atoms with van der Waals surface area (Å²) in [5.41, 5.74) is 0. The van der Waals surface area contributed by atoms with Crippen molar-refractivity contribution < 1.29 is 38.2 Å². The second-order valence-corrected chi connectivity index (χ2v) is 14.5. The monoisotopic (exact) mass is 670 g/mol. The largest absolute Gasteiger partial charge is 0.544 e. The fourth-order valence-corrected chi connectivity index (χ4v) is 5.89. The number of ether oxygens (including phenoxy) is 3. The van der Waals surface area contributed by atoms with Gasteiger partial charge in [-0.1, -0.05) is 149 Å². The molecule has 0 heterocycles. The van der Waals surface area contributed by atoms with Crippen molar-refractivity contribution in [3.05, 3.63) is 0 Å². The lowest BCUT2D eigenvalue weighted by Gasteiger charge is -2.34. The van der Waals surface area contributed by atoms with Gasteiger partial charge in [-0.2, -0.15) is 0 Å². The Morgan fingerprint density at radius 3 is 1.32 bits per heavy atom. The number of hydrogen-bond donors (Lipinski definition) is 0. The molecule has 0 aliphatic carbocycles. The third kappa shape index (κ3) is 30.1. The van der Waals surface area contributed by atoms with Crippen LogP contribution < -0.4 is 5.11 Å². The van der Waals surface area contributed by atoms with Crippen LogP contribution in [0.5, 0.6) is 0 Å². The SMILES string of the molecule is CCCCCCCCCCCCCCCCCC(=O)OC(COCCC(C(=O)[O-])[N+](C)(C)C)COC(=O)CCCCCCCCCC. The quantitative estimate of drug-likeness (QED) is 0.0379. The highest BCUT2D eigenvalue weighted by Gasteiger charge is 2.25. The van der Waals surface area contributed by atoms with Crippen LogP contribution in [-0.2, 0) is 28.6 Å². The molecule has 0 fully saturated rings. The smallest absolute Gasteiger partial charge is 0.306 e. The molecule has 8 nitrogen and oxygen atoms in total. The Morgan fingerprint density at radius 2 is 0.936 bits per heavy atom.